The van der Waals surface area contributed by atoms with Crippen molar-refractivity contribution in [1.82, 2.24) is 9.55 Å². The fourth-order valence-electron chi connectivity index (χ4n) is 2.12. The highest BCUT2D eigenvalue weighted by molar-refractivity contribution is 5.74. The molecular formula is C15H14N2O. The second-order valence-corrected chi connectivity index (χ2v) is 4.31. The minimum atomic E-state index is -0.510. The molecule has 1 aromatic heterocycles. The van der Waals surface area contributed by atoms with Gasteiger partial charge in [0.1, 0.15) is 0 Å². The van der Waals surface area contributed by atoms with Crippen LogP contribution in [0.4, 0.5) is 0 Å². The molecule has 0 radical (unpaired) electrons. The van der Waals surface area contributed by atoms with Gasteiger partial charge in [0.25, 0.3) is 0 Å². The summed E-state index contributed by atoms with van der Waals surface area (Å²) in [5, 5.41) is 10.2. The lowest BCUT2D eigenvalue weighted by molar-refractivity contribution is 0.158. The smallest absolute Gasteiger partial charge is 0.0969 e. The molecule has 0 bridgehead atoms. The first-order chi connectivity index (χ1) is 8.84. The van der Waals surface area contributed by atoms with Crippen LogP contribution < -0.4 is 0 Å². The molecule has 18 heavy (non-hydrogen) atoms. The van der Waals surface area contributed by atoms with Gasteiger partial charge >= 0.3 is 0 Å². The fourth-order valence-corrected chi connectivity index (χ4v) is 2.12. The predicted octanol–water partition coefficient (Wildman–Crippen LogP) is 2.77. The largest absolute Gasteiger partial charge is 0.387 e. The first-order valence-corrected chi connectivity index (χ1v) is 5.97. The van der Waals surface area contributed by atoms with Crippen molar-refractivity contribution in [2.45, 2.75) is 12.6 Å². The van der Waals surface area contributed by atoms with Crippen molar-refractivity contribution in [3.05, 3.63) is 66.5 Å². The van der Waals surface area contributed by atoms with Gasteiger partial charge in [-0.15, -0.1) is 0 Å². The second-order valence-electron chi connectivity index (χ2n) is 4.31. The summed E-state index contributed by atoms with van der Waals surface area (Å²) in [5.41, 5.74) is 2.93. The van der Waals surface area contributed by atoms with E-state index in [0.717, 1.165) is 16.6 Å². The van der Waals surface area contributed by atoms with Gasteiger partial charge in [-0.3, -0.25) is 0 Å². The van der Waals surface area contributed by atoms with Crippen molar-refractivity contribution >= 4 is 11.0 Å². The first kappa shape index (κ1) is 11.0. The maximum absolute atomic E-state index is 10.2. The zero-order chi connectivity index (χ0) is 12.4. The van der Waals surface area contributed by atoms with E-state index in [4.69, 9.17) is 0 Å². The van der Waals surface area contributed by atoms with Crippen LogP contribution in [0.2, 0.25) is 0 Å². The number of nitrogens with zero attached hydrogens (tertiary/aromatic N) is 2. The Bertz CT molecular complexity index is 646. The SMILES string of the molecule is O[C@H](Cn1cnc2ccccc21)c1ccccc1. The number of aliphatic hydroxyl groups excluding tert-OH is 1. The van der Waals surface area contributed by atoms with Crippen LogP contribution in [-0.2, 0) is 6.54 Å². The molecule has 0 unspecified atom stereocenters. The number of imidazole rings is 1. The summed E-state index contributed by atoms with van der Waals surface area (Å²) in [5.74, 6) is 0. The predicted molar refractivity (Wildman–Crippen MR) is 71.1 cm³/mol. The quantitative estimate of drug-likeness (QED) is 0.762. The molecule has 2 aromatic carbocycles. The van der Waals surface area contributed by atoms with Crippen molar-refractivity contribution in [2.24, 2.45) is 0 Å². The molecule has 3 heteroatoms. The number of fused-ring (bicyclic) bond motifs is 1. The average molecular weight is 238 g/mol. The van der Waals surface area contributed by atoms with E-state index >= 15 is 0 Å². The van der Waals surface area contributed by atoms with Crippen molar-refractivity contribution in [1.29, 1.82) is 0 Å². The van der Waals surface area contributed by atoms with Crippen LogP contribution in [0.25, 0.3) is 11.0 Å². The van der Waals surface area contributed by atoms with E-state index in [-0.39, 0.29) is 0 Å². The van der Waals surface area contributed by atoms with Crippen LogP contribution in [0.3, 0.4) is 0 Å². The Morgan fingerprint density at radius 3 is 2.56 bits per heavy atom. The molecule has 3 rings (SSSR count). The van der Waals surface area contributed by atoms with Gasteiger partial charge in [-0.05, 0) is 17.7 Å². The standard InChI is InChI=1S/C15H14N2O/c18-15(12-6-2-1-3-7-12)10-17-11-16-13-8-4-5-9-14(13)17/h1-9,11,15,18H,10H2/t15-/m1/s1. The Morgan fingerprint density at radius 1 is 1.00 bits per heavy atom. The van der Waals surface area contributed by atoms with E-state index in [1.807, 2.05) is 59.2 Å². The van der Waals surface area contributed by atoms with E-state index in [9.17, 15) is 5.11 Å². The highest BCUT2D eigenvalue weighted by Gasteiger charge is 2.09. The molecule has 0 spiro atoms. The third-order valence-electron chi connectivity index (χ3n) is 3.08. The third kappa shape index (κ3) is 2.00. The molecule has 0 fully saturated rings. The lowest BCUT2D eigenvalue weighted by atomic mass is 10.1. The topological polar surface area (TPSA) is 38.0 Å². The van der Waals surface area contributed by atoms with E-state index in [1.165, 1.54) is 0 Å². The van der Waals surface area contributed by atoms with Crippen molar-refractivity contribution < 1.29 is 5.11 Å². The van der Waals surface area contributed by atoms with Crippen LogP contribution in [-0.4, -0.2) is 14.7 Å². The average Bonchev–Trinajstić information content (AvgIpc) is 2.83. The monoisotopic (exact) mass is 238 g/mol. The summed E-state index contributed by atoms with van der Waals surface area (Å²) >= 11 is 0. The molecule has 0 saturated carbocycles. The van der Waals surface area contributed by atoms with Crippen molar-refractivity contribution in [3.63, 3.8) is 0 Å². The third-order valence-corrected chi connectivity index (χ3v) is 3.08. The number of hydrogen-bond donors (Lipinski definition) is 1. The number of hydrogen-bond acceptors (Lipinski definition) is 2. The molecule has 0 aliphatic rings. The van der Waals surface area contributed by atoms with Gasteiger partial charge in [0.05, 0.1) is 30.0 Å². The first-order valence-electron chi connectivity index (χ1n) is 5.97. The van der Waals surface area contributed by atoms with Gasteiger partial charge in [0.2, 0.25) is 0 Å². The number of aromatic nitrogens is 2. The summed E-state index contributed by atoms with van der Waals surface area (Å²) in [4.78, 5) is 4.32. The van der Waals surface area contributed by atoms with Gasteiger partial charge in [-0.2, -0.15) is 0 Å². The zero-order valence-electron chi connectivity index (χ0n) is 9.90. The summed E-state index contributed by atoms with van der Waals surface area (Å²) in [6.07, 6.45) is 1.26. The van der Waals surface area contributed by atoms with E-state index in [1.54, 1.807) is 6.33 Å². The Labute approximate surface area is 105 Å². The summed E-state index contributed by atoms with van der Waals surface area (Å²) in [6.45, 7) is 0.518. The fraction of sp³-hybridized carbons (Fsp3) is 0.133. The summed E-state index contributed by atoms with van der Waals surface area (Å²) in [7, 11) is 0. The lowest BCUT2D eigenvalue weighted by Crippen LogP contribution is -2.07. The molecule has 3 nitrogen and oxygen atoms in total. The normalized spacial score (nSPS) is 12.7. The molecule has 1 N–H and O–H groups in total. The Balaban J connectivity index is 1.89. The molecule has 0 aliphatic heterocycles. The van der Waals surface area contributed by atoms with Crippen LogP contribution >= 0.6 is 0 Å². The molecule has 0 aliphatic carbocycles. The van der Waals surface area contributed by atoms with Gasteiger partial charge in [0, 0.05) is 0 Å². The van der Waals surface area contributed by atoms with Crippen LogP contribution in [0, 0.1) is 0 Å². The van der Waals surface area contributed by atoms with Crippen molar-refractivity contribution in [2.75, 3.05) is 0 Å². The molecule has 0 saturated heterocycles. The lowest BCUT2D eigenvalue weighted by Gasteiger charge is -2.12. The van der Waals surface area contributed by atoms with Crippen molar-refractivity contribution in [3.8, 4) is 0 Å². The Kier molecular flexibility index (Phi) is 2.82. The maximum Gasteiger partial charge on any atom is 0.0969 e. The molecule has 1 heterocycles. The summed E-state index contributed by atoms with van der Waals surface area (Å²) in [6, 6.07) is 17.6. The Hall–Kier alpha value is -2.13. The molecule has 1 atom stereocenters. The number of para-hydroxylation sites is 2. The van der Waals surface area contributed by atoms with Crippen LogP contribution in [0.1, 0.15) is 11.7 Å². The van der Waals surface area contributed by atoms with Gasteiger partial charge in [-0.25, -0.2) is 4.98 Å². The summed E-state index contributed by atoms with van der Waals surface area (Å²) < 4.78 is 1.98. The molecule has 3 aromatic rings. The van der Waals surface area contributed by atoms with E-state index in [0.29, 0.717) is 6.54 Å². The number of aliphatic hydroxyl groups is 1. The van der Waals surface area contributed by atoms with Crippen LogP contribution in [0.5, 0.6) is 0 Å². The highest BCUT2D eigenvalue weighted by Crippen LogP contribution is 2.18. The zero-order valence-corrected chi connectivity index (χ0v) is 9.90. The van der Waals surface area contributed by atoms with E-state index in [2.05, 4.69) is 4.98 Å². The molecule has 90 valence electrons. The molecule has 0 amide bonds. The van der Waals surface area contributed by atoms with Gasteiger partial charge < -0.3 is 9.67 Å². The van der Waals surface area contributed by atoms with E-state index < -0.39 is 6.10 Å². The maximum atomic E-state index is 10.2. The number of rotatable bonds is 3. The highest BCUT2D eigenvalue weighted by atomic mass is 16.3. The second kappa shape index (κ2) is 4.63. The minimum Gasteiger partial charge on any atom is -0.387 e. The number of benzene rings is 2. The van der Waals surface area contributed by atoms with Gasteiger partial charge in [0.15, 0.2) is 0 Å². The van der Waals surface area contributed by atoms with Crippen LogP contribution in [0.15, 0.2) is 60.9 Å². The minimum absolute atomic E-state index is 0.510. The Morgan fingerprint density at radius 2 is 1.72 bits per heavy atom. The molecular weight excluding hydrogens is 224 g/mol. The van der Waals surface area contributed by atoms with Gasteiger partial charge in [-0.1, -0.05) is 42.5 Å².